The molecule has 2 nitrogen and oxygen atoms in total. The number of rotatable bonds is 2. The number of alkyl halides is 1. The number of hydrogen-bond donors (Lipinski definition) is 1. The summed E-state index contributed by atoms with van der Waals surface area (Å²) in [6.45, 7) is 6.98. The number of hydrogen-bond acceptors (Lipinski definition) is 2. The zero-order valence-corrected chi connectivity index (χ0v) is 9.74. The predicted molar refractivity (Wildman–Crippen MR) is 58.8 cm³/mol. The van der Waals surface area contributed by atoms with Gasteiger partial charge in [-0.2, -0.15) is 0 Å². The monoisotopic (exact) mass is 222 g/mol. The van der Waals surface area contributed by atoms with Gasteiger partial charge >= 0.3 is 0 Å². The average molecular weight is 223 g/mol. The minimum absolute atomic E-state index is 0. The zero-order chi connectivity index (χ0) is 9.47. The standard InChI is InChI=1S/C10H19FN2.ClH/c1-8-5-13(6-9(2)12-8)7-10(11)3-4-10;/h8-9,12H,3-7H2,1-2H3;1H. The molecule has 2 unspecified atom stereocenters. The molecule has 84 valence electrons. The quantitative estimate of drug-likeness (QED) is 0.764. The highest BCUT2D eigenvalue weighted by atomic mass is 35.5. The molecule has 0 aromatic rings. The van der Waals surface area contributed by atoms with Crippen LogP contribution < -0.4 is 5.32 Å². The molecule has 0 spiro atoms. The van der Waals surface area contributed by atoms with Gasteiger partial charge in [-0.1, -0.05) is 0 Å². The van der Waals surface area contributed by atoms with Crippen LogP contribution in [0.25, 0.3) is 0 Å². The third-order valence-corrected chi connectivity index (χ3v) is 2.93. The Bertz CT molecular complexity index is 187. The van der Waals surface area contributed by atoms with Crippen molar-refractivity contribution in [1.82, 2.24) is 10.2 Å². The van der Waals surface area contributed by atoms with Crippen molar-refractivity contribution in [1.29, 1.82) is 0 Å². The minimum Gasteiger partial charge on any atom is -0.309 e. The summed E-state index contributed by atoms with van der Waals surface area (Å²) in [6.07, 6.45) is 1.55. The first-order valence-electron chi connectivity index (χ1n) is 5.25. The molecular formula is C10H20ClFN2. The maximum Gasteiger partial charge on any atom is 0.123 e. The molecule has 0 amide bonds. The first-order valence-corrected chi connectivity index (χ1v) is 5.25. The molecule has 2 aliphatic rings. The van der Waals surface area contributed by atoms with Crippen LogP contribution in [0, 0.1) is 0 Å². The molecule has 4 heteroatoms. The van der Waals surface area contributed by atoms with Crippen LogP contribution in [0.4, 0.5) is 4.39 Å². The Morgan fingerprint density at radius 3 is 2.21 bits per heavy atom. The highest BCUT2D eigenvalue weighted by Crippen LogP contribution is 2.40. The Kier molecular flexibility index (Phi) is 3.78. The summed E-state index contributed by atoms with van der Waals surface area (Å²) in [5.41, 5.74) is -0.823. The van der Waals surface area contributed by atoms with Gasteiger partial charge in [0.15, 0.2) is 0 Å². The molecule has 0 radical (unpaired) electrons. The van der Waals surface area contributed by atoms with E-state index >= 15 is 0 Å². The Morgan fingerprint density at radius 1 is 1.29 bits per heavy atom. The maximum absolute atomic E-state index is 13.5. The van der Waals surface area contributed by atoms with E-state index in [0.29, 0.717) is 18.6 Å². The molecule has 1 saturated heterocycles. The van der Waals surface area contributed by atoms with Crippen molar-refractivity contribution in [2.45, 2.75) is 44.4 Å². The molecule has 2 rings (SSSR count). The van der Waals surface area contributed by atoms with Crippen molar-refractivity contribution < 1.29 is 4.39 Å². The summed E-state index contributed by atoms with van der Waals surface area (Å²) in [4.78, 5) is 2.26. The number of piperazine rings is 1. The summed E-state index contributed by atoms with van der Waals surface area (Å²) in [6, 6.07) is 1.01. The summed E-state index contributed by atoms with van der Waals surface area (Å²) in [5.74, 6) is 0. The molecule has 1 aliphatic heterocycles. The van der Waals surface area contributed by atoms with Crippen molar-refractivity contribution in [2.75, 3.05) is 19.6 Å². The lowest BCUT2D eigenvalue weighted by atomic mass is 10.1. The topological polar surface area (TPSA) is 15.3 Å². The van der Waals surface area contributed by atoms with Crippen LogP contribution >= 0.6 is 12.4 Å². The van der Waals surface area contributed by atoms with Gasteiger partial charge in [-0.05, 0) is 26.7 Å². The third kappa shape index (κ3) is 3.07. The summed E-state index contributed by atoms with van der Waals surface area (Å²) < 4.78 is 13.5. The average Bonchev–Trinajstić information content (AvgIpc) is 2.64. The van der Waals surface area contributed by atoms with Crippen LogP contribution in [0.3, 0.4) is 0 Å². The van der Waals surface area contributed by atoms with Crippen molar-refractivity contribution >= 4 is 12.4 Å². The second-order valence-corrected chi connectivity index (χ2v) is 4.81. The van der Waals surface area contributed by atoms with Crippen LogP contribution in [0.5, 0.6) is 0 Å². The lowest BCUT2D eigenvalue weighted by molar-refractivity contribution is 0.123. The number of nitrogens with zero attached hydrogens (tertiary/aromatic N) is 1. The van der Waals surface area contributed by atoms with Crippen molar-refractivity contribution in [2.24, 2.45) is 0 Å². The lowest BCUT2D eigenvalue weighted by Gasteiger charge is -2.36. The Morgan fingerprint density at radius 2 is 1.79 bits per heavy atom. The highest BCUT2D eigenvalue weighted by Gasteiger charge is 2.45. The largest absolute Gasteiger partial charge is 0.309 e. The van der Waals surface area contributed by atoms with E-state index in [4.69, 9.17) is 0 Å². The number of nitrogens with one attached hydrogen (secondary N) is 1. The summed E-state index contributed by atoms with van der Waals surface area (Å²) in [5, 5.41) is 3.45. The highest BCUT2D eigenvalue weighted by molar-refractivity contribution is 5.85. The molecule has 1 heterocycles. The first-order chi connectivity index (χ1) is 6.07. The van der Waals surface area contributed by atoms with Crippen LogP contribution in [-0.4, -0.2) is 42.3 Å². The van der Waals surface area contributed by atoms with Gasteiger partial charge in [0.1, 0.15) is 5.67 Å². The van der Waals surface area contributed by atoms with E-state index in [1.807, 2.05) is 0 Å². The SMILES string of the molecule is CC1CN(CC2(F)CC2)CC(C)N1.Cl. The van der Waals surface area contributed by atoms with Gasteiger partial charge in [0.25, 0.3) is 0 Å². The fourth-order valence-electron chi connectivity index (χ4n) is 2.26. The van der Waals surface area contributed by atoms with E-state index in [0.717, 1.165) is 25.9 Å². The predicted octanol–water partition coefficient (Wildman–Crippen LogP) is 1.59. The molecule has 0 bridgehead atoms. The minimum atomic E-state index is -0.823. The van der Waals surface area contributed by atoms with E-state index < -0.39 is 5.67 Å². The molecule has 0 aromatic carbocycles. The second-order valence-electron chi connectivity index (χ2n) is 4.81. The first kappa shape index (κ1) is 12.2. The van der Waals surface area contributed by atoms with Crippen LogP contribution in [0.2, 0.25) is 0 Å². The molecule has 1 N–H and O–H groups in total. The fraction of sp³-hybridized carbons (Fsp3) is 1.00. The lowest BCUT2D eigenvalue weighted by Crippen LogP contribution is -2.55. The van der Waals surface area contributed by atoms with Crippen molar-refractivity contribution in [3.05, 3.63) is 0 Å². The summed E-state index contributed by atoms with van der Waals surface area (Å²) in [7, 11) is 0. The van der Waals surface area contributed by atoms with Crippen LogP contribution in [0.1, 0.15) is 26.7 Å². The van der Waals surface area contributed by atoms with Gasteiger partial charge < -0.3 is 5.32 Å². The maximum atomic E-state index is 13.5. The Labute approximate surface area is 91.6 Å². The summed E-state index contributed by atoms with van der Waals surface area (Å²) >= 11 is 0. The Hall–Kier alpha value is 0.140. The fourth-order valence-corrected chi connectivity index (χ4v) is 2.26. The van der Waals surface area contributed by atoms with Gasteiger partial charge in [0.05, 0.1) is 0 Å². The molecule has 14 heavy (non-hydrogen) atoms. The van der Waals surface area contributed by atoms with Gasteiger partial charge in [-0.3, -0.25) is 4.90 Å². The van der Waals surface area contributed by atoms with E-state index in [-0.39, 0.29) is 12.4 Å². The van der Waals surface area contributed by atoms with Gasteiger partial charge in [-0.25, -0.2) is 4.39 Å². The van der Waals surface area contributed by atoms with E-state index in [2.05, 4.69) is 24.1 Å². The second kappa shape index (κ2) is 4.33. The van der Waals surface area contributed by atoms with Crippen LogP contribution in [0.15, 0.2) is 0 Å². The van der Waals surface area contributed by atoms with Crippen LogP contribution in [-0.2, 0) is 0 Å². The molecular weight excluding hydrogens is 203 g/mol. The number of halogens is 2. The molecule has 1 saturated carbocycles. The van der Waals surface area contributed by atoms with E-state index in [9.17, 15) is 4.39 Å². The van der Waals surface area contributed by atoms with Gasteiger partial charge in [0, 0.05) is 31.7 Å². The molecule has 2 atom stereocenters. The van der Waals surface area contributed by atoms with E-state index in [1.54, 1.807) is 0 Å². The van der Waals surface area contributed by atoms with Gasteiger partial charge in [0.2, 0.25) is 0 Å². The third-order valence-electron chi connectivity index (χ3n) is 2.93. The van der Waals surface area contributed by atoms with Crippen molar-refractivity contribution in [3.8, 4) is 0 Å². The molecule has 2 fully saturated rings. The molecule has 1 aliphatic carbocycles. The normalized spacial score (nSPS) is 36.2. The van der Waals surface area contributed by atoms with Gasteiger partial charge in [-0.15, -0.1) is 12.4 Å². The zero-order valence-electron chi connectivity index (χ0n) is 8.92. The van der Waals surface area contributed by atoms with E-state index in [1.165, 1.54) is 0 Å². The molecule has 0 aromatic heterocycles. The van der Waals surface area contributed by atoms with Crippen molar-refractivity contribution in [3.63, 3.8) is 0 Å². The smallest absolute Gasteiger partial charge is 0.123 e. The Balaban J connectivity index is 0.000000980.